The number of carbonyl (C=O) groups excluding carboxylic acids is 1. The molecule has 5 rings (SSSR count). The number of fused-ring (bicyclic) bond motifs is 2. The number of aromatic hydroxyl groups is 1. The molecule has 0 radical (unpaired) electrons. The van der Waals surface area contributed by atoms with E-state index >= 15 is 0 Å². The van der Waals surface area contributed by atoms with Crippen LogP contribution in [0.5, 0.6) is 5.75 Å². The topological polar surface area (TPSA) is 183 Å². The van der Waals surface area contributed by atoms with Gasteiger partial charge in [0.15, 0.2) is 5.75 Å². The molecule has 5 aromatic carbocycles. The Kier molecular flexibility index (Phi) is 8.61. The minimum atomic E-state index is -4.60. The van der Waals surface area contributed by atoms with Crippen LogP contribution < -0.4 is 34.9 Å². The first-order valence-electron chi connectivity index (χ1n) is 11.5. The number of azo groups is 1. The molecule has 0 aliphatic rings. The van der Waals surface area contributed by atoms with E-state index in [1.54, 1.807) is 30.3 Å². The second-order valence-corrected chi connectivity index (χ2v) is 11.5. The third-order valence-electron chi connectivity index (χ3n) is 6.01. The van der Waals surface area contributed by atoms with Crippen molar-refractivity contribution in [2.24, 2.45) is 10.2 Å². The smallest absolute Gasteiger partial charge is 0.505 e. The Morgan fingerprint density at radius 1 is 0.707 bits per heavy atom. The van der Waals surface area contributed by atoms with Crippen molar-refractivity contribution in [3.63, 3.8) is 0 Å². The summed E-state index contributed by atoms with van der Waals surface area (Å²) in [5.41, 5.74) is 0.885. The molecular weight excluding hydrogens is 581 g/mol. The van der Waals surface area contributed by atoms with Crippen molar-refractivity contribution in [3.8, 4) is 5.75 Å². The van der Waals surface area contributed by atoms with Crippen molar-refractivity contribution in [1.29, 1.82) is 0 Å². The second-order valence-electron chi connectivity index (χ2n) is 8.66. The van der Waals surface area contributed by atoms with Gasteiger partial charge in [0.05, 0.1) is 10.6 Å². The van der Waals surface area contributed by atoms with Gasteiger partial charge in [-0.2, -0.15) is 21.9 Å². The van der Waals surface area contributed by atoms with Crippen LogP contribution in [0.4, 0.5) is 17.1 Å². The maximum absolute atomic E-state index is 12.7. The average molecular weight is 601 g/mol. The zero-order chi connectivity index (χ0) is 28.7. The van der Waals surface area contributed by atoms with Gasteiger partial charge in [-0.1, -0.05) is 36.4 Å². The Balaban J connectivity index is 0.00000387. The Bertz CT molecular complexity index is 2060. The summed E-state index contributed by atoms with van der Waals surface area (Å²) in [5.74, 6) is -0.741. The van der Waals surface area contributed by atoms with E-state index < -0.39 is 31.0 Å². The number of nitrogens with zero attached hydrogens (tertiary/aromatic N) is 2. The van der Waals surface area contributed by atoms with Crippen LogP contribution in [0, 0.1) is 0 Å². The number of phenolic OH excluding ortho intramolecular Hbond substituents is 1. The van der Waals surface area contributed by atoms with Gasteiger partial charge in [0.2, 0.25) is 0 Å². The van der Waals surface area contributed by atoms with Crippen molar-refractivity contribution in [2.45, 2.75) is 9.79 Å². The molecule has 41 heavy (non-hydrogen) atoms. The van der Waals surface area contributed by atoms with Crippen molar-refractivity contribution in [2.75, 3.05) is 5.32 Å². The van der Waals surface area contributed by atoms with Crippen LogP contribution in [0.25, 0.3) is 21.5 Å². The molecule has 0 unspecified atom stereocenters. The van der Waals surface area contributed by atoms with Gasteiger partial charge in [-0.15, -0.1) is 5.11 Å². The fourth-order valence-corrected chi connectivity index (χ4v) is 5.29. The second kappa shape index (κ2) is 11.7. The van der Waals surface area contributed by atoms with E-state index in [-0.39, 0.29) is 56.7 Å². The summed E-state index contributed by atoms with van der Waals surface area (Å²) in [4.78, 5) is 12.1. The van der Waals surface area contributed by atoms with Crippen LogP contribution >= 0.6 is 0 Å². The van der Waals surface area contributed by atoms with Crippen LogP contribution in [-0.2, 0) is 20.2 Å². The summed E-state index contributed by atoms with van der Waals surface area (Å²) in [5, 5.41) is 22.8. The van der Waals surface area contributed by atoms with E-state index in [1.165, 1.54) is 54.6 Å². The van der Waals surface area contributed by atoms with Crippen molar-refractivity contribution >= 4 is 64.8 Å². The summed E-state index contributed by atoms with van der Waals surface area (Å²) in [6.45, 7) is 0. The molecule has 0 heterocycles. The molecule has 0 spiro atoms. The molecule has 0 fully saturated rings. The minimum Gasteiger partial charge on any atom is -0.505 e. The summed E-state index contributed by atoms with van der Waals surface area (Å²) in [6.07, 6.45) is 0. The molecule has 4 N–H and O–H groups in total. The zero-order valence-electron chi connectivity index (χ0n) is 21.3. The van der Waals surface area contributed by atoms with E-state index in [2.05, 4.69) is 15.5 Å². The maximum Gasteiger partial charge on any atom is 1.00 e. The Morgan fingerprint density at radius 2 is 1.34 bits per heavy atom. The summed E-state index contributed by atoms with van der Waals surface area (Å²) >= 11 is 0. The van der Waals surface area contributed by atoms with Gasteiger partial charge in [-0.3, -0.25) is 13.9 Å². The fourth-order valence-electron chi connectivity index (χ4n) is 4.06. The minimum absolute atomic E-state index is 0. The predicted molar refractivity (Wildman–Crippen MR) is 148 cm³/mol. The quantitative estimate of drug-likeness (QED) is 0.130. The average Bonchev–Trinajstić information content (AvgIpc) is 2.91. The summed E-state index contributed by atoms with van der Waals surface area (Å²) in [6, 6.07) is 22.0. The first-order valence-corrected chi connectivity index (χ1v) is 14.3. The third kappa shape index (κ3) is 6.63. The molecule has 5 aromatic rings. The van der Waals surface area contributed by atoms with Gasteiger partial charge in [-0.05, 0) is 65.4 Å². The van der Waals surface area contributed by atoms with Crippen molar-refractivity contribution in [3.05, 3.63) is 96.6 Å². The summed E-state index contributed by atoms with van der Waals surface area (Å²) < 4.78 is 65.2. The maximum atomic E-state index is 12.7. The zero-order valence-corrected chi connectivity index (χ0v) is 24.9. The van der Waals surface area contributed by atoms with E-state index in [0.717, 1.165) is 6.07 Å². The van der Waals surface area contributed by atoms with Gasteiger partial charge in [0, 0.05) is 22.0 Å². The van der Waals surface area contributed by atoms with Gasteiger partial charge in [0.25, 0.3) is 26.1 Å². The Labute approximate surface area is 256 Å². The SMILES string of the molecule is O=C(Nc1ccc2cc(S(=O)(=O)O)ccc2c1)c1ccc(N=Nc2cc(S(=O)(=O)O)c3ccccc3c2O)cc1.[Na+]. The first kappa shape index (κ1) is 30.3. The Hall–Kier alpha value is -3.69. The molecule has 0 atom stereocenters. The van der Waals surface area contributed by atoms with Crippen LogP contribution in [0.3, 0.4) is 0 Å². The number of rotatable bonds is 6. The van der Waals surface area contributed by atoms with Gasteiger partial charge < -0.3 is 10.4 Å². The normalized spacial score (nSPS) is 12.0. The standard InChI is InChI=1S/C27H19N3O8S2.Na/c31-26-23-4-2-1-3-22(23)25(40(36,37)38)15-24(26)30-29-19-9-5-16(6-10-19)27(32)28-20-11-7-18-14-21(39(33,34)35)12-8-17(18)13-20;/h1-15,31H,(H,28,32)(H,33,34,35)(H,36,37,38);/q;+1. The van der Waals surface area contributed by atoms with Crippen LogP contribution in [0.2, 0.25) is 0 Å². The number of carbonyl (C=O) groups is 1. The molecule has 0 aliphatic heterocycles. The molecule has 0 saturated carbocycles. The number of hydrogen-bond acceptors (Lipinski definition) is 8. The van der Waals surface area contributed by atoms with Crippen molar-refractivity contribution in [1.82, 2.24) is 0 Å². The van der Waals surface area contributed by atoms with E-state index in [0.29, 0.717) is 27.7 Å². The number of phenols is 1. The number of benzene rings is 5. The number of amides is 1. The molecule has 14 heteroatoms. The number of anilines is 1. The molecule has 11 nitrogen and oxygen atoms in total. The van der Waals surface area contributed by atoms with E-state index in [4.69, 9.17) is 0 Å². The fraction of sp³-hybridized carbons (Fsp3) is 0. The largest absolute Gasteiger partial charge is 1.00 e. The number of nitrogens with one attached hydrogen (secondary N) is 1. The predicted octanol–water partition coefficient (Wildman–Crippen LogP) is 2.86. The molecule has 0 aliphatic carbocycles. The van der Waals surface area contributed by atoms with Gasteiger partial charge >= 0.3 is 29.6 Å². The van der Waals surface area contributed by atoms with Gasteiger partial charge in [-0.25, -0.2) is 0 Å². The van der Waals surface area contributed by atoms with Crippen LogP contribution in [0.1, 0.15) is 10.4 Å². The van der Waals surface area contributed by atoms with Crippen molar-refractivity contribution < 1.29 is 65.4 Å². The monoisotopic (exact) mass is 600 g/mol. The van der Waals surface area contributed by atoms with E-state index in [1.807, 2.05) is 0 Å². The molecule has 0 saturated heterocycles. The molecular formula is C27H19N3NaO8S2+. The molecule has 0 bridgehead atoms. The van der Waals surface area contributed by atoms with Gasteiger partial charge in [0.1, 0.15) is 10.6 Å². The summed E-state index contributed by atoms with van der Waals surface area (Å²) in [7, 11) is -8.94. The number of hydrogen-bond donors (Lipinski definition) is 4. The van der Waals surface area contributed by atoms with Crippen LogP contribution in [0.15, 0.2) is 111 Å². The first-order chi connectivity index (χ1) is 18.9. The third-order valence-corrected chi connectivity index (χ3v) is 7.75. The Morgan fingerprint density at radius 3 is 2.00 bits per heavy atom. The molecule has 0 aromatic heterocycles. The van der Waals surface area contributed by atoms with Crippen LogP contribution in [-0.4, -0.2) is 37.0 Å². The van der Waals surface area contributed by atoms with E-state index in [9.17, 15) is 35.8 Å². The molecule has 1 amide bonds. The molecule has 202 valence electrons.